The summed E-state index contributed by atoms with van der Waals surface area (Å²) in [4.78, 5) is 12.9. The van der Waals surface area contributed by atoms with Gasteiger partial charge in [0, 0.05) is 12.1 Å². The first-order chi connectivity index (χ1) is 14.8. The molecule has 4 rings (SSSR count). The highest BCUT2D eigenvalue weighted by molar-refractivity contribution is 5.88. The van der Waals surface area contributed by atoms with Gasteiger partial charge < -0.3 is 44.5 Å². The van der Waals surface area contributed by atoms with Crippen LogP contribution in [0.3, 0.4) is 0 Å². The van der Waals surface area contributed by atoms with Crippen LogP contribution in [0.4, 0.5) is 0 Å². The molecule has 1 fully saturated rings. The van der Waals surface area contributed by atoms with Gasteiger partial charge in [0.25, 0.3) is 0 Å². The maximum absolute atomic E-state index is 12.9. The Labute approximate surface area is 174 Å². The average molecular weight is 432 g/mol. The largest absolute Gasteiger partial charge is 0.508 e. The molecule has 0 spiro atoms. The zero-order valence-electron chi connectivity index (χ0n) is 16.0. The summed E-state index contributed by atoms with van der Waals surface area (Å²) in [6, 6.07) is 8.29. The Hall–Kier alpha value is -3.15. The molecule has 10 heteroatoms. The molecule has 1 aliphatic rings. The van der Waals surface area contributed by atoms with E-state index in [1.54, 1.807) is 0 Å². The lowest BCUT2D eigenvalue weighted by Gasteiger charge is -2.39. The third-order valence-electron chi connectivity index (χ3n) is 5.11. The number of phenols is 2. The molecule has 0 saturated carbocycles. The Morgan fingerprint density at radius 3 is 2.35 bits per heavy atom. The fourth-order valence-electron chi connectivity index (χ4n) is 3.41. The number of benzene rings is 2. The standard InChI is InChI=1S/C21H20O10/c22-7-15-18(26)19(27)20(28)21(31-15)30-11-5-13(24)16-14(6-11)29-8-12(17(16)25)9-1-3-10(23)4-2-9/h1-6,8,15,18-24,26-28H,7H2/t15?,18-,19?,20+,21-/m1/s1. The van der Waals surface area contributed by atoms with Crippen LogP contribution in [0.15, 0.2) is 51.9 Å². The van der Waals surface area contributed by atoms with Crippen LogP contribution in [-0.2, 0) is 4.74 Å². The fraction of sp³-hybridized carbons (Fsp3) is 0.286. The Morgan fingerprint density at radius 1 is 0.968 bits per heavy atom. The van der Waals surface area contributed by atoms with Crippen molar-refractivity contribution in [2.45, 2.75) is 30.7 Å². The first-order valence-corrected chi connectivity index (χ1v) is 9.35. The number of aliphatic hydroxyl groups is 4. The van der Waals surface area contributed by atoms with Crippen molar-refractivity contribution in [3.63, 3.8) is 0 Å². The smallest absolute Gasteiger partial charge is 0.229 e. The van der Waals surface area contributed by atoms with E-state index in [2.05, 4.69) is 0 Å². The second-order valence-corrected chi connectivity index (χ2v) is 7.16. The molecule has 1 aromatic heterocycles. The number of aromatic hydroxyl groups is 2. The summed E-state index contributed by atoms with van der Waals surface area (Å²) in [6.45, 7) is -0.622. The van der Waals surface area contributed by atoms with E-state index in [0.717, 1.165) is 6.07 Å². The van der Waals surface area contributed by atoms with Crippen LogP contribution in [-0.4, -0.2) is 68.0 Å². The predicted octanol–water partition coefficient (Wildman–Crippen LogP) is 0.0499. The molecule has 2 aromatic carbocycles. The lowest BCUT2D eigenvalue weighted by Crippen LogP contribution is -2.60. The minimum absolute atomic E-state index is 0.00730. The third kappa shape index (κ3) is 3.82. The maximum Gasteiger partial charge on any atom is 0.229 e. The lowest BCUT2D eigenvalue weighted by atomic mass is 9.99. The van der Waals surface area contributed by atoms with Crippen molar-refractivity contribution < 1.29 is 44.5 Å². The number of aliphatic hydroxyl groups excluding tert-OH is 4. The molecule has 1 saturated heterocycles. The molecule has 3 aromatic rings. The monoisotopic (exact) mass is 432 g/mol. The summed E-state index contributed by atoms with van der Waals surface area (Å²) < 4.78 is 16.2. The molecule has 0 aliphatic carbocycles. The molecule has 0 amide bonds. The second-order valence-electron chi connectivity index (χ2n) is 7.16. The highest BCUT2D eigenvalue weighted by Crippen LogP contribution is 2.32. The molecule has 0 radical (unpaired) electrons. The molecule has 1 aliphatic heterocycles. The number of hydrogen-bond acceptors (Lipinski definition) is 10. The molecule has 2 heterocycles. The molecule has 2 unspecified atom stereocenters. The molecule has 10 nitrogen and oxygen atoms in total. The van der Waals surface area contributed by atoms with Gasteiger partial charge >= 0.3 is 0 Å². The van der Waals surface area contributed by atoms with Crippen molar-refractivity contribution in [3.8, 4) is 28.4 Å². The quantitative estimate of drug-likeness (QED) is 0.331. The zero-order chi connectivity index (χ0) is 22.3. The Kier molecular flexibility index (Phi) is 5.56. The minimum Gasteiger partial charge on any atom is -0.508 e. The average Bonchev–Trinajstić information content (AvgIpc) is 2.75. The van der Waals surface area contributed by atoms with Gasteiger partial charge in [-0.15, -0.1) is 0 Å². The van der Waals surface area contributed by atoms with Crippen molar-refractivity contribution in [2.24, 2.45) is 0 Å². The van der Waals surface area contributed by atoms with Gasteiger partial charge in [0.05, 0.1) is 12.2 Å². The first kappa shape index (κ1) is 21.1. The van der Waals surface area contributed by atoms with Crippen LogP contribution < -0.4 is 10.2 Å². The zero-order valence-corrected chi connectivity index (χ0v) is 16.0. The van der Waals surface area contributed by atoms with E-state index in [1.165, 1.54) is 36.6 Å². The van der Waals surface area contributed by atoms with Gasteiger partial charge in [0.1, 0.15) is 58.9 Å². The molecule has 0 bridgehead atoms. The topological polar surface area (TPSA) is 170 Å². The van der Waals surface area contributed by atoms with Gasteiger partial charge in [-0.05, 0) is 17.7 Å². The van der Waals surface area contributed by atoms with E-state index in [9.17, 15) is 35.4 Å². The number of ether oxygens (including phenoxy) is 2. The summed E-state index contributed by atoms with van der Waals surface area (Å²) in [7, 11) is 0. The number of rotatable bonds is 4. The Balaban J connectivity index is 1.68. The van der Waals surface area contributed by atoms with Crippen LogP contribution in [0.1, 0.15) is 0 Å². The van der Waals surface area contributed by atoms with Crippen LogP contribution in [0.25, 0.3) is 22.1 Å². The van der Waals surface area contributed by atoms with Gasteiger partial charge in [-0.2, -0.15) is 0 Å². The van der Waals surface area contributed by atoms with Gasteiger partial charge in [-0.25, -0.2) is 0 Å². The first-order valence-electron chi connectivity index (χ1n) is 9.35. The maximum atomic E-state index is 12.9. The van der Waals surface area contributed by atoms with Crippen molar-refractivity contribution in [1.29, 1.82) is 0 Å². The van der Waals surface area contributed by atoms with Gasteiger partial charge in [-0.1, -0.05) is 12.1 Å². The predicted molar refractivity (Wildman–Crippen MR) is 106 cm³/mol. The molecule has 164 valence electrons. The Bertz CT molecular complexity index is 1140. The third-order valence-corrected chi connectivity index (χ3v) is 5.11. The van der Waals surface area contributed by atoms with E-state index in [1.807, 2.05) is 0 Å². The van der Waals surface area contributed by atoms with Crippen LogP contribution in [0.5, 0.6) is 17.2 Å². The SMILES string of the molecule is O=c1c(-c2ccc(O)cc2)coc2cc(O[C@@H]3OC(CO)[C@@H](O)C(O)[C@@H]3O)cc(O)c12. The van der Waals surface area contributed by atoms with E-state index >= 15 is 0 Å². The fourth-order valence-corrected chi connectivity index (χ4v) is 3.41. The summed E-state index contributed by atoms with van der Waals surface area (Å²) in [5, 5.41) is 58.8. The number of fused-ring (bicyclic) bond motifs is 1. The van der Waals surface area contributed by atoms with Crippen molar-refractivity contribution in [3.05, 3.63) is 52.9 Å². The highest BCUT2D eigenvalue weighted by Gasteiger charge is 2.44. The lowest BCUT2D eigenvalue weighted by molar-refractivity contribution is -0.277. The molecule has 31 heavy (non-hydrogen) atoms. The summed E-state index contributed by atoms with van der Waals surface area (Å²) >= 11 is 0. The minimum atomic E-state index is -1.64. The summed E-state index contributed by atoms with van der Waals surface area (Å²) in [6.07, 6.45) is -6.23. The Morgan fingerprint density at radius 2 is 1.68 bits per heavy atom. The second kappa shape index (κ2) is 8.17. The normalized spacial score (nSPS) is 26.1. The highest BCUT2D eigenvalue weighted by atomic mass is 16.7. The molecule has 5 atom stereocenters. The van der Waals surface area contributed by atoms with E-state index < -0.39 is 48.5 Å². The van der Waals surface area contributed by atoms with Crippen LogP contribution in [0, 0.1) is 0 Å². The van der Waals surface area contributed by atoms with Gasteiger partial charge in [0.15, 0.2) is 0 Å². The summed E-state index contributed by atoms with van der Waals surface area (Å²) in [5.41, 5.74) is 0.135. The number of phenolic OH excluding ortho intramolecular Hbond substituents is 2. The van der Waals surface area contributed by atoms with Crippen molar-refractivity contribution in [1.82, 2.24) is 0 Å². The molecular formula is C21H20O10. The van der Waals surface area contributed by atoms with Gasteiger partial charge in [-0.3, -0.25) is 4.79 Å². The molecular weight excluding hydrogens is 412 g/mol. The summed E-state index contributed by atoms with van der Waals surface area (Å²) in [5.74, 6) is -0.465. The van der Waals surface area contributed by atoms with Crippen LogP contribution in [0.2, 0.25) is 0 Å². The van der Waals surface area contributed by atoms with E-state index in [0.29, 0.717) is 5.56 Å². The number of hydrogen-bond donors (Lipinski definition) is 6. The van der Waals surface area contributed by atoms with Crippen LogP contribution >= 0.6 is 0 Å². The van der Waals surface area contributed by atoms with Crippen molar-refractivity contribution >= 4 is 11.0 Å². The van der Waals surface area contributed by atoms with E-state index in [4.69, 9.17) is 13.9 Å². The van der Waals surface area contributed by atoms with E-state index in [-0.39, 0.29) is 28.0 Å². The molecule has 6 N–H and O–H groups in total. The van der Waals surface area contributed by atoms with Gasteiger partial charge in [0.2, 0.25) is 11.7 Å². The van der Waals surface area contributed by atoms with Crippen molar-refractivity contribution in [2.75, 3.05) is 6.61 Å².